The lowest BCUT2D eigenvalue weighted by atomic mass is 10.1. The van der Waals surface area contributed by atoms with Crippen LogP contribution >= 0.6 is 0 Å². The van der Waals surface area contributed by atoms with Gasteiger partial charge < -0.3 is 15.1 Å². The third kappa shape index (κ3) is 6.19. The lowest BCUT2D eigenvalue weighted by molar-refractivity contribution is -0.904. The summed E-state index contributed by atoms with van der Waals surface area (Å²) in [5, 5.41) is 3.07. The number of nitrogens with one attached hydrogen (secondary N) is 2. The molecule has 2 N–H and O–H groups in total. The van der Waals surface area contributed by atoms with Gasteiger partial charge in [-0.3, -0.25) is 4.79 Å². The molecule has 2 rings (SSSR count). The molecular formula is C22H32N3O+. The summed E-state index contributed by atoms with van der Waals surface area (Å²) in [6.45, 7) is 7.25. The fourth-order valence-corrected chi connectivity index (χ4v) is 3.03. The second kappa shape index (κ2) is 9.97. The molecule has 0 fully saturated rings. The number of hydrogen-bond donors (Lipinski definition) is 2. The average molecular weight is 355 g/mol. The van der Waals surface area contributed by atoms with Gasteiger partial charge in [0.1, 0.15) is 6.54 Å². The van der Waals surface area contributed by atoms with E-state index < -0.39 is 0 Å². The van der Waals surface area contributed by atoms with E-state index in [-0.39, 0.29) is 5.91 Å². The number of quaternary nitrogens is 1. The molecule has 0 aromatic heterocycles. The van der Waals surface area contributed by atoms with Crippen molar-refractivity contribution in [2.24, 2.45) is 0 Å². The highest BCUT2D eigenvalue weighted by Gasteiger charge is 2.13. The van der Waals surface area contributed by atoms with E-state index in [1.165, 1.54) is 27.3 Å². The predicted octanol–water partition coefficient (Wildman–Crippen LogP) is 1.82. The van der Waals surface area contributed by atoms with Gasteiger partial charge in [0.2, 0.25) is 0 Å². The predicted molar refractivity (Wildman–Crippen MR) is 109 cm³/mol. The Morgan fingerprint density at radius 1 is 1.08 bits per heavy atom. The number of likely N-dealkylation sites (N-methyl/N-ethyl adjacent to an activating group) is 1. The lowest BCUT2D eigenvalue weighted by Crippen LogP contribution is -3.11. The normalized spacial score (nSPS) is 11.8. The van der Waals surface area contributed by atoms with Gasteiger partial charge >= 0.3 is 0 Å². The summed E-state index contributed by atoms with van der Waals surface area (Å²) in [5.74, 6) is 0.125. The highest BCUT2D eigenvalue weighted by Crippen LogP contribution is 2.11. The number of amides is 1. The molecule has 1 unspecified atom stereocenters. The number of anilines is 1. The Bertz CT molecular complexity index is 695. The minimum atomic E-state index is 0.125. The van der Waals surface area contributed by atoms with Crippen molar-refractivity contribution in [3.8, 4) is 0 Å². The molecule has 4 nitrogen and oxygen atoms in total. The van der Waals surface area contributed by atoms with Crippen LogP contribution in [0.25, 0.3) is 0 Å². The maximum atomic E-state index is 12.3. The first-order valence-electron chi connectivity index (χ1n) is 9.40. The summed E-state index contributed by atoms with van der Waals surface area (Å²) < 4.78 is 0. The van der Waals surface area contributed by atoms with Crippen LogP contribution < -0.4 is 15.1 Å². The number of aryl methyl sites for hydroxylation is 1. The molecular weight excluding hydrogens is 322 g/mol. The summed E-state index contributed by atoms with van der Waals surface area (Å²) in [4.78, 5) is 15.6. The highest BCUT2D eigenvalue weighted by atomic mass is 16.2. The molecule has 0 saturated heterocycles. The van der Waals surface area contributed by atoms with Crippen molar-refractivity contribution in [1.82, 2.24) is 5.32 Å². The first-order valence-corrected chi connectivity index (χ1v) is 9.40. The molecule has 0 bridgehead atoms. The van der Waals surface area contributed by atoms with Crippen LogP contribution in [0, 0.1) is 6.92 Å². The Morgan fingerprint density at radius 2 is 1.77 bits per heavy atom. The minimum Gasteiger partial charge on any atom is -0.378 e. The van der Waals surface area contributed by atoms with Gasteiger partial charge in [0.25, 0.3) is 5.91 Å². The topological polar surface area (TPSA) is 36.8 Å². The van der Waals surface area contributed by atoms with Gasteiger partial charge in [-0.2, -0.15) is 0 Å². The van der Waals surface area contributed by atoms with E-state index in [1.54, 1.807) is 0 Å². The van der Waals surface area contributed by atoms with Gasteiger partial charge in [-0.25, -0.2) is 0 Å². The molecule has 0 radical (unpaired) electrons. The number of nitrogens with zero attached hydrogens (tertiary/aromatic N) is 1. The number of carbonyl (C=O) groups is 1. The van der Waals surface area contributed by atoms with Gasteiger partial charge in [-0.15, -0.1) is 0 Å². The fourth-order valence-electron chi connectivity index (χ4n) is 3.03. The molecule has 0 aliphatic heterocycles. The first-order chi connectivity index (χ1) is 12.5. The molecule has 2 aromatic carbocycles. The van der Waals surface area contributed by atoms with E-state index in [0.717, 1.165) is 19.5 Å². The number of carbonyl (C=O) groups excluding carboxylic acids is 1. The molecule has 4 heteroatoms. The molecule has 0 aliphatic carbocycles. The minimum absolute atomic E-state index is 0.125. The molecule has 140 valence electrons. The molecule has 0 saturated carbocycles. The number of hydrogen-bond acceptors (Lipinski definition) is 2. The Kier molecular flexibility index (Phi) is 7.67. The summed E-state index contributed by atoms with van der Waals surface area (Å²) in [5.41, 5.74) is 5.04. The highest BCUT2D eigenvalue weighted by molar-refractivity contribution is 5.76. The van der Waals surface area contributed by atoms with Crippen LogP contribution in [0.15, 0.2) is 48.5 Å². The van der Waals surface area contributed by atoms with Crippen LogP contribution in [-0.4, -0.2) is 39.6 Å². The molecule has 0 aliphatic rings. The Labute approximate surface area is 157 Å². The summed E-state index contributed by atoms with van der Waals surface area (Å²) in [7, 11) is 4.08. The van der Waals surface area contributed by atoms with Crippen molar-refractivity contribution in [3.63, 3.8) is 0 Å². The van der Waals surface area contributed by atoms with Crippen LogP contribution in [0.4, 0.5) is 5.69 Å². The Hall–Kier alpha value is -2.33. The zero-order chi connectivity index (χ0) is 18.9. The summed E-state index contributed by atoms with van der Waals surface area (Å²) >= 11 is 0. The number of rotatable bonds is 9. The fraction of sp³-hybridized carbons (Fsp3) is 0.409. The Balaban J connectivity index is 1.79. The zero-order valence-corrected chi connectivity index (χ0v) is 16.5. The van der Waals surface area contributed by atoms with Crippen molar-refractivity contribution in [2.75, 3.05) is 38.6 Å². The van der Waals surface area contributed by atoms with Gasteiger partial charge in [0.05, 0.1) is 6.54 Å². The zero-order valence-electron chi connectivity index (χ0n) is 16.5. The van der Waals surface area contributed by atoms with Gasteiger partial charge in [0, 0.05) is 31.9 Å². The second-order valence-electron chi connectivity index (χ2n) is 7.04. The smallest absolute Gasteiger partial charge is 0.275 e. The second-order valence-corrected chi connectivity index (χ2v) is 7.04. The van der Waals surface area contributed by atoms with Gasteiger partial charge in [-0.05, 0) is 43.5 Å². The van der Waals surface area contributed by atoms with Crippen LogP contribution in [-0.2, 0) is 17.8 Å². The summed E-state index contributed by atoms with van der Waals surface area (Å²) in [6, 6.07) is 16.9. The van der Waals surface area contributed by atoms with Crippen molar-refractivity contribution in [2.45, 2.75) is 26.8 Å². The average Bonchev–Trinajstić information content (AvgIpc) is 2.63. The van der Waals surface area contributed by atoms with Crippen LogP contribution in [0.2, 0.25) is 0 Å². The van der Waals surface area contributed by atoms with E-state index in [0.29, 0.717) is 13.1 Å². The SMILES string of the molecule is CC[NH+](CC(=O)NCCc1ccccc1C)Cc1ccc(N(C)C)cc1. The first kappa shape index (κ1) is 20.0. The standard InChI is InChI=1S/C22H31N3O/c1-5-25(16-19-10-12-21(13-11-19)24(3)4)17-22(26)23-15-14-20-9-7-6-8-18(20)2/h6-13H,5,14-17H2,1-4H3,(H,23,26)/p+1. The largest absolute Gasteiger partial charge is 0.378 e. The van der Waals surface area contributed by atoms with Crippen LogP contribution in [0.3, 0.4) is 0 Å². The quantitative estimate of drug-likeness (QED) is 0.721. The number of benzene rings is 2. The van der Waals surface area contributed by atoms with Crippen molar-refractivity contribution in [1.29, 1.82) is 0 Å². The third-order valence-corrected chi connectivity index (χ3v) is 4.80. The van der Waals surface area contributed by atoms with Crippen LogP contribution in [0.1, 0.15) is 23.6 Å². The van der Waals surface area contributed by atoms with Crippen LogP contribution in [0.5, 0.6) is 0 Å². The lowest BCUT2D eigenvalue weighted by Gasteiger charge is -2.18. The van der Waals surface area contributed by atoms with E-state index in [9.17, 15) is 4.79 Å². The maximum absolute atomic E-state index is 12.3. The van der Waals surface area contributed by atoms with Gasteiger partial charge in [0.15, 0.2) is 6.54 Å². The van der Waals surface area contributed by atoms with Gasteiger partial charge in [-0.1, -0.05) is 36.4 Å². The Morgan fingerprint density at radius 3 is 2.38 bits per heavy atom. The van der Waals surface area contributed by atoms with E-state index in [2.05, 4.69) is 66.5 Å². The van der Waals surface area contributed by atoms with E-state index >= 15 is 0 Å². The molecule has 2 aromatic rings. The molecule has 0 spiro atoms. The molecule has 1 atom stereocenters. The molecule has 0 heterocycles. The molecule has 26 heavy (non-hydrogen) atoms. The third-order valence-electron chi connectivity index (χ3n) is 4.80. The van der Waals surface area contributed by atoms with E-state index in [1.807, 2.05) is 20.2 Å². The van der Waals surface area contributed by atoms with E-state index in [4.69, 9.17) is 0 Å². The van der Waals surface area contributed by atoms with Crippen molar-refractivity contribution < 1.29 is 9.69 Å². The monoisotopic (exact) mass is 354 g/mol. The molecule has 1 amide bonds. The van der Waals surface area contributed by atoms with Crippen molar-refractivity contribution in [3.05, 3.63) is 65.2 Å². The summed E-state index contributed by atoms with van der Waals surface area (Å²) in [6.07, 6.45) is 0.881. The van der Waals surface area contributed by atoms with Crippen molar-refractivity contribution >= 4 is 11.6 Å². The maximum Gasteiger partial charge on any atom is 0.275 e.